The van der Waals surface area contributed by atoms with Crippen LogP contribution >= 0.6 is 22.6 Å². The molecule has 82 valence electrons. The number of benzene rings is 1. The van der Waals surface area contributed by atoms with E-state index in [1.165, 1.54) is 0 Å². The lowest BCUT2D eigenvalue weighted by molar-refractivity contribution is -0.138. The minimum Gasteiger partial charge on any atom is -0.481 e. The highest BCUT2D eigenvalue weighted by molar-refractivity contribution is 14.1. The first kappa shape index (κ1) is 12.3. The van der Waals surface area contributed by atoms with Crippen molar-refractivity contribution in [2.24, 2.45) is 0 Å². The van der Waals surface area contributed by atoms with Crippen LogP contribution in [0.3, 0.4) is 0 Å². The summed E-state index contributed by atoms with van der Waals surface area (Å²) in [5, 5.41) is 20.7. The van der Waals surface area contributed by atoms with Crippen LogP contribution in [0.25, 0.3) is 0 Å². The zero-order valence-electron chi connectivity index (χ0n) is 7.98. The Balaban J connectivity index is 2.36. The van der Waals surface area contributed by atoms with Crippen molar-refractivity contribution in [3.63, 3.8) is 0 Å². The second kappa shape index (κ2) is 5.92. The SMILES string of the molecule is O=C(O)CC(O)CNc1ccc(I)cc1. The Morgan fingerprint density at radius 2 is 2.00 bits per heavy atom. The van der Waals surface area contributed by atoms with Gasteiger partial charge in [-0.3, -0.25) is 4.79 Å². The number of rotatable bonds is 5. The number of halogens is 1. The maximum atomic E-state index is 10.3. The minimum atomic E-state index is -0.994. The van der Waals surface area contributed by atoms with Gasteiger partial charge in [0.25, 0.3) is 0 Å². The number of nitrogens with one attached hydrogen (secondary N) is 1. The largest absolute Gasteiger partial charge is 0.481 e. The fourth-order valence-electron chi connectivity index (χ4n) is 1.08. The van der Waals surface area contributed by atoms with Crippen LogP contribution in [-0.4, -0.2) is 28.8 Å². The van der Waals surface area contributed by atoms with Gasteiger partial charge in [0.2, 0.25) is 0 Å². The van der Waals surface area contributed by atoms with Crippen LogP contribution in [0, 0.1) is 3.57 Å². The van der Waals surface area contributed by atoms with Crippen molar-refractivity contribution in [3.05, 3.63) is 27.8 Å². The lowest BCUT2D eigenvalue weighted by Gasteiger charge is -2.10. The third-order valence-electron chi connectivity index (χ3n) is 1.80. The summed E-state index contributed by atoms with van der Waals surface area (Å²) in [7, 11) is 0. The Morgan fingerprint density at radius 1 is 1.40 bits per heavy atom. The van der Waals surface area contributed by atoms with Crippen molar-refractivity contribution in [3.8, 4) is 0 Å². The lowest BCUT2D eigenvalue weighted by atomic mass is 10.2. The van der Waals surface area contributed by atoms with E-state index < -0.39 is 12.1 Å². The summed E-state index contributed by atoms with van der Waals surface area (Å²) >= 11 is 2.20. The molecule has 1 unspecified atom stereocenters. The van der Waals surface area contributed by atoms with E-state index >= 15 is 0 Å². The Bertz CT molecular complexity index is 326. The zero-order chi connectivity index (χ0) is 11.3. The molecule has 0 spiro atoms. The summed E-state index contributed by atoms with van der Waals surface area (Å²) in [5.74, 6) is -0.994. The lowest BCUT2D eigenvalue weighted by Crippen LogP contribution is -2.22. The topological polar surface area (TPSA) is 69.6 Å². The van der Waals surface area contributed by atoms with Crippen LogP contribution in [0.15, 0.2) is 24.3 Å². The number of carbonyl (C=O) groups is 1. The second-order valence-corrected chi connectivity index (χ2v) is 4.39. The third-order valence-corrected chi connectivity index (χ3v) is 2.52. The number of aliphatic hydroxyl groups is 1. The zero-order valence-corrected chi connectivity index (χ0v) is 10.1. The summed E-state index contributed by atoms with van der Waals surface area (Å²) in [6.07, 6.45) is -1.10. The summed E-state index contributed by atoms with van der Waals surface area (Å²) in [6.45, 7) is 0.243. The monoisotopic (exact) mass is 321 g/mol. The predicted molar refractivity (Wildman–Crippen MR) is 65.9 cm³/mol. The molecule has 0 heterocycles. The molecule has 0 aromatic heterocycles. The highest BCUT2D eigenvalue weighted by Crippen LogP contribution is 2.11. The number of hydrogen-bond acceptors (Lipinski definition) is 3. The molecule has 3 N–H and O–H groups in total. The fraction of sp³-hybridized carbons (Fsp3) is 0.300. The number of aliphatic hydroxyl groups excluding tert-OH is 1. The molecule has 0 bridgehead atoms. The number of carboxylic acids is 1. The molecule has 0 aliphatic carbocycles. The Morgan fingerprint density at radius 3 is 2.53 bits per heavy atom. The van der Waals surface area contributed by atoms with Crippen molar-refractivity contribution >= 4 is 34.2 Å². The van der Waals surface area contributed by atoms with Crippen LogP contribution in [0.2, 0.25) is 0 Å². The second-order valence-electron chi connectivity index (χ2n) is 3.14. The molecule has 0 aliphatic rings. The quantitative estimate of drug-likeness (QED) is 0.720. The Kier molecular flexibility index (Phi) is 4.83. The molecule has 1 aromatic carbocycles. The van der Waals surface area contributed by atoms with Crippen molar-refractivity contribution in [1.29, 1.82) is 0 Å². The molecule has 1 rings (SSSR count). The summed E-state index contributed by atoms with van der Waals surface area (Å²) in [6, 6.07) is 7.64. The molecule has 0 aliphatic heterocycles. The molecule has 15 heavy (non-hydrogen) atoms. The maximum absolute atomic E-state index is 10.3. The Labute approximate surface area is 101 Å². The van der Waals surface area contributed by atoms with Gasteiger partial charge in [0.15, 0.2) is 0 Å². The van der Waals surface area contributed by atoms with E-state index in [2.05, 4.69) is 27.9 Å². The van der Waals surface area contributed by atoms with Gasteiger partial charge >= 0.3 is 5.97 Å². The normalized spacial score (nSPS) is 12.1. The van der Waals surface area contributed by atoms with Crippen LogP contribution in [0.4, 0.5) is 5.69 Å². The molecule has 0 saturated carbocycles. The maximum Gasteiger partial charge on any atom is 0.306 e. The van der Waals surface area contributed by atoms with Crippen molar-refractivity contribution in [2.75, 3.05) is 11.9 Å². The molecule has 0 fully saturated rings. The number of hydrogen-bond donors (Lipinski definition) is 3. The highest BCUT2D eigenvalue weighted by atomic mass is 127. The average molecular weight is 321 g/mol. The average Bonchev–Trinajstić information content (AvgIpc) is 2.16. The van der Waals surface area contributed by atoms with E-state index in [-0.39, 0.29) is 13.0 Å². The molecule has 1 atom stereocenters. The standard InChI is InChI=1S/C10H12INO3/c11-7-1-3-8(4-2-7)12-6-9(13)5-10(14)15/h1-4,9,12-13H,5-6H2,(H,14,15). The minimum absolute atomic E-state index is 0.239. The van der Waals surface area contributed by atoms with Crippen LogP contribution in [0.1, 0.15) is 6.42 Å². The third kappa shape index (κ3) is 4.98. The predicted octanol–water partition coefficient (Wildman–Crippen LogP) is 1.54. The first-order valence-corrected chi connectivity index (χ1v) is 5.55. The van der Waals surface area contributed by atoms with Gasteiger partial charge < -0.3 is 15.5 Å². The van der Waals surface area contributed by atoms with Crippen LogP contribution in [-0.2, 0) is 4.79 Å². The van der Waals surface area contributed by atoms with Crippen molar-refractivity contribution in [2.45, 2.75) is 12.5 Å². The van der Waals surface area contributed by atoms with Gasteiger partial charge in [0.05, 0.1) is 12.5 Å². The first-order valence-electron chi connectivity index (χ1n) is 4.47. The number of aliphatic carboxylic acids is 1. The Hall–Kier alpha value is -0.820. The molecule has 5 heteroatoms. The number of anilines is 1. The molecular weight excluding hydrogens is 309 g/mol. The first-order chi connectivity index (χ1) is 7.08. The molecule has 1 aromatic rings. The van der Waals surface area contributed by atoms with E-state index in [4.69, 9.17) is 5.11 Å². The fourth-order valence-corrected chi connectivity index (χ4v) is 1.44. The van der Waals surface area contributed by atoms with Gasteiger partial charge in [-0.05, 0) is 46.9 Å². The van der Waals surface area contributed by atoms with Crippen LogP contribution < -0.4 is 5.32 Å². The molecule has 0 radical (unpaired) electrons. The smallest absolute Gasteiger partial charge is 0.306 e. The van der Waals surface area contributed by atoms with E-state index in [0.29, 0.717) is 0 Å². The van der Waals surface area contributed by atoms with Gasteiger partial charge in [0.1, 0.15) is 0 Å². The van der Waals surface area contributed by atoms with Gasteiger partial charge in [-0.25, -0.2) is 0 Å². The van der Waals surface area contributed by atoms with Gasteiger partial charge in [-0.1, -0.05) is 0 Å². The van der Waals surface area contributed by atoms with E-state index in [9.17, 15) is 9.90 Å². The molecule has 4 nitrogen and oxygen atoms in total. The van der Waals surface area contributed by atoms with Crippen molar-refractivity contribution < 1.29 is 15.0 Å². The molecule has 0 amide bonds. The van der Waals surface area contributed by atoms with Gasteiger partial charge in [0, 0.05) is 15.8 Å². The van der Waals surface area contributed by atoms with Crippen molar-refractivity contribution in [1.82, 2.24) is 0 Å². The number of carboxylic acid groups (broad SMARTS) is 1. The molecule has 0 saturated heterocycles. The van der Waals surface area contributed by atoms with E-state index in [1.807, 2.05) is 24.3 Å². The van der Waals surface area contributed by atoms with E-state index in [0.717, 1.165) is 9.26 Å². The summed E-state index contributed by atoms with van der Waals surface area (Å²) in [4.78, 5) is 10.3. The highest BCUT2D eigenvalue weighted by Gasteiger charge is 2.08. The summed E-state index contributed by atoms with van der Waals surface area (Å²) < 4.78 is 1.13. The van der Waals surface area contributed by atoms with Crippen LogP contribution in [0.5, 0.6) is 0 Å². The van der Waals surface area contributed by atoms with Gasteiger partial charge in [-0.2, -0.15) is 0 Å². The molecular formula is C10H12INO3. The van der Waals surface area contributed by atoms with E-state index in [1.54, 1.807) is 0 Å². The van der Waals surface area contributed by atoms with Gasteiger partial charge in [-0.15, -0.1) is 0 Å². The summed E-state index contributed by atoms with van der Waals surface area (Å²) in [5.41, 5.74) is 0.875.